The topological polar surface area (TPSA) is 67.9 Å². The first-order valence-electron chi connectivity index (χ1n) is 8.76. The van der Waals surface area contributed by atoms with Crippen molar-refractivity contribution < 1.29 is 19.1 Å². The molecule has 0 radical (unpaired) electrons. The van der Waals surface area contributed by atoms with E-state index in [-0.39, 0.29) is 24.5 Å². The molecular weight excluding hydrogens is 332 g/mol. The van der Waals surface area contributed by atoms with E-state index in [4.69, 9.17) is 9.47 Å². The maximum atomic E-state index is 13.0. The summed E-state index contributed by atoms with van der Waals surface area (Å²) in [6, 6.07) is 14.3. The van der Waals surface area contributed by atoms with Crippen molar-refractivity contribution in [3.63, 3.8) is 0 Å². The molecular formula is C20H20N2O4. The van der Waals surface area contributed by atoms with Gasteiger partial charge in [0.2, 0.25) is 5.91 Å². The van der Waals surface area contributed by atoms with Gasteiger partial charge in [-0.05, 0) is 43.2 Å². The SMILES string of the molecule is O=C1CN(C(=O)c2cccc(OCC3CCCO3)c2)c2ccccc2N1. The van der Waals surface area contributed by atoms with Gasteiger partial charge < -0.3 is 14.8 Å². The van der Waals surface area contributed by atoms with Gasteiger partial charge in [0.05, 0.1) is 17.5 Å². The lowest BCUT2D eigenvalue weighted by atomic mass is 10.1. The summed E-state index contributed by atoms with van der Waals surface area (Å²) in [5.41, 5.74) is 1.82. The number of para-hydroxylation sites is 2. The van der Waals surface area contributed by atoms with Gasteiger partial charge in [0.25, 0.3) is 5.91 Å². The van der Waals surface area contributed by atoms with Gasteiger partial charge in [-0.3, -0.25) is 14.5 Å². The van der Waals surface area contributed by atoms with Crippen molar-refractivity contribution in [3.05, 3.63) is 54.1 Å². The van der Waals surface area contributed by atoms with Crippen molar-refractivity contribution in [2.75, 3.05) is 30.0 Å². The summed E-state index contributed by atoms with van der Waals surface area (Å²) >= 11 is 0. The Morgan fingerprint density at radius 1 is 1.23 bits per heavy atom. The third-order valence-corrected chi connectivity index (χ3v) is 4.56. The number of fused-ring (bicyclic) bond motifs is 1. The number of carbonyl (C=O) groups excluding carboxylic acids is 2. The Morgan fingerprint density at radius 2 is 2.12 bits per heavy atom. The number of hydrogen-bond acceptors (Lipinski definition) is 4. The number of nitrogens with zero attached hydrogens (tertiary/aromatic N) is 1. The molecule has 0 saturated carbocycles. The predicted molar refractivity (Wildman–Crippen MR) is 97.7 cm³/mol. The molecule has 1 atom stereocenters. The Kier molecular flexibility index (Phi) is 4.58. The number of benzene rings is 2. The average molecular weight is 352 g/mol. The summed E-state index contributed by atoms with van der Waals surface area (Å²) < 4.78 is 11.3. The summed E-state index contributed by atoms with van der Waals surface area (Å²) in [6.07, 6.45) is 2.17. The molecule has 0 bridgehead atoms. The van der Waals surface area contributed by atoms with Gasteiger partial charge in [-0.2, -0.15) is 0 Å². The van der Waals surface area contributed by atoms with E-state index in [0.717, 1.165) is 19.4 Å². The number of rotatable bonds is 4. The van der Waals surface area contributed by atoms with Crippen LogP contribution in [0, 0.1) is 0 Å². The highest BCUT2D eigenvalue weighted by Gasteiger charge is 2.27. The first-order valence-corrected chi connectivity index (χ1v) is 8.76. The number of nitrogens with one attached hydrogen (secondary N) is 1. The van der Waals surface area contributed by atoms with Crippen molar-refractivity contribution in [1.82, 2.24) is 0 Å². The predicted octanol–water partition coefficient (Wildman–Crippen LogP) is 2.84. The minimum Gasteiger partial charge on any atom is -0.491 e. The number of hydrogen-bond donors (Lipinski definition) is 1. The van der Waals surface area contributed by atoms with Crippen LogP contribution >= 0.6 is 0 Å². The third kappa shape index (κ3) is 3.41. The average Bonchev–Trinajstić information content (AvgIpc) is 3.19. The lowest BCUT2D eigenvalue weighted by Gasteiger charge is -2.29. The molecule has 2 aliphatic heterocycles. The molecule has 2 aromatic carbocycles. The summed E-state index contributed by atoms with van der Waals surface area (Å²) in [5.74, 6) is 0.193. The Morgan fingerprint density at radius 3 is 2.96 bits per heavy atom. The highest BCUT2D eigenvalue weighted by Crippen LogP contribution is 2.30. The van der Waals surface area contributed by atoms with Crippen molar-refractivity contribution in [3.8, 4) is 5.75 Å². The summed E-state index contributed by atoms with van der Waals surface area (Å²) in [6.45, 7) is 1.26. The molecule has 1 saturated heterocycles. The molecule has 2 heterocycles. The fourth-order valence-corrected chi connectivity index (χ4v) is 3.25. The Labute approximate surface area is 151 Å². The smallest absolute Gasteiger partial charge is 0.258 e. The summed E-state index contributed by atoms with van der Waals surface area (Å²) in [4.78, 5) is 26.4. The van der Waals surface area contributed by atoms with Gasteiger partial charge in [-0.15, -0.1) is 0 Å². The van der Waals surface area contributed by atoms with Crippen LogP contribution in [0.1, 0.15) is 23.2 Å². The van der Waals surface area contributed by atoms with Gasteiger partial charge in [0.1, 0.15) is 18.9 Å². The lowest BCUT2D eigenvalue weighted by molar-refractivity contribution is -0.115. The van der Waals surface area contributed by atoms with Crippen LogP contribution in [0.4, 0.5) is 11.4 Å². The second-order valence-corrected chi connectivity index (χ2v) is 6.43. The van der Waals surface area contributed by atoms with Crippen LogP contribution < -0.4 is 15.0 Å². The number of ether oxygens (including phenoxy) is 2. The van der Waals surface area contributed by atoms with Gasteiger partial charge in [-0.1, -0.05) is 18.2 Å². The zero-order valence-electron chi connectivity index (χ0n) is 14.3. The zero-order valence-corrected chi connectivity index (χ0v) is 14.3. The third-order valence-electron chi connectivity index (χ3n) is 4.56. The largest absolute Gasteiger partial charge is 0.491 e. The fourth-order valence-electron chi connectivity index (χ4n) is 3.25. The molecule has 2 amide bonds. The Hall–Kier alpha value is -2.86. The quantitative estimate of drug-likeness (QED) is 0.919. The minimum atomic E-state index is -0.227. The number of anilines is 2. The highest BCUT2D eigenvalue weighted by molar-refractivity contribution is 6.15. The van der Waals surface area contributed by atoms with Crippen molar-refractivity contribution in [2.45, 2.75) is 18.9 Å². The Bertz CT molecular complexity index is 830. The molecule has 134 valence electrons. The minimum absolute atomic E-state index is 0.00313. The molecule has 2 aromatic rings. The second kappa shape index (κ2) is 7.17. The van der Waals surface area contributed by atoms with Gasteiger partial charge in [0, 0.05) is 12.2 Å². The van der Waals surface area contributed by atoms with E-state index in [2.05, 4.69) is 5.32 Å². The number of amides is 2. The maximum Gasteiger partial charge on any atom is 0.258 e. The summed E-state index contributed by atoms with van der Waals surface area (Å²) in [5, 5.41) is 2.79. The molecule has 0 spiro atoms. The van der Waals surface area contributed by atoms with E-state index in [1.165, 1.54) is 4.90 Å². The van der Waals surface area contributed by atoms with E-state index in [1.807, 2.05) is 24.3 Å². The van der Waals surface area contributed by atoms with E-state index in [1.54, 1.807) is 24.3 Å². The van der Waals surface area contributed by atoms with Crippen LogP contribution in [0.5, 0.6) is 5.75 Å². The molecule has 6 nitrogen and oxygen atoms in total. The molecule has 1 N–H and O–H groups in total. The molecule has 0 aromatic heterocycles. The molecule has 26 heavy (non-hydrogen) atoms. The molecule has 1 fully saturated rings. The molecule has 6 heteroatoms. The summed E-state index contributed by atoms with van der Waals surface area (Å²) in [7, 11) is 0. The Balaban J connectivity index is 1.53. The van der Waals surface area contributed by atoms with Crippen LogP contribution in [0.25, 0.3) is 0 Å². The first kappa shape index (κ1) is 16.6. The molecule has 2 aliphatic rings. The zero-order chi connectivity index (χ0) is 17.9. The van der Waals surface area contributed by atoms with Crippen molar-refractivity contribution in [2.24, 2.45) is 0 Å². The van der Waals surface area contributed by atoms with Crippen LogP contribution in [-0.2, 0) is 9.53 Å². The van der Waals surface area contributed by atoms with Gasteiger partial charge in [-0.25, -0.2) is 0 Å². The van der Waals surface area contributed by atoms with Crippen LogP contribution in [-0.4, -0.2) is 37.7 Å². The maximum absolute atomic E-state index is 13.0. The molecule has 1 unspecified atom stereocenters. The molecule has 4 rings (SSSR count). The van der Waals surface area contributed by atoms with E-state index in [9.17, 15) is 9.59 Å². The van der Waals surface area contributed by atoms with E-state index in [0.29, 0.717) is 29.3 Å². The van der Waals surface area contributed by atoms with Crippen molar-refractivity contribution in [1.29, 1.82) is 0 Å². The van der Waals surface area contributed by atoms with Crippen LogP contribution in [0.2, 0.25) is 0 Å². The lowest BCUT2D eigenvalue weighted by Crippen LogP contribution is -2.42. The number of carbonyl (C=O) groups is 2. The van der Waals surface area contributed by atoms with Gasteiger partial charge in [0.15, 0.2) is 0 Å². The highest BCUT2D eigenvalue weighted by atomic mass is 16.5. The van der Waals surface area contributed by atoms with Crippen LogP contribution in [0.3, 0.4) is 0 Å². The normalized spacial score (nSPS) is 19.0. The molecule has 0 aliphatic carbocycles. The fraction of sp³-hybridized carbons (Fsp3) is 0.300. The van der Waals surface area contributed by atoms with E-state index >= 15 is 0 Å². The second-order valence-electron chi connectivity index (χ2n) is 6.43. The first-order chi connectivity index (χ1) is 12.7. The standard InChI is InChI=1S/C20H20N2O4/c23-19-12-22(18-9-2-1-8-17(18)21-19)20(24)14-5-3-6-15(11-14)26-13-16-7-4-10-25-16/h1-3,5-6,8-9,11,16H,4,7,10,12-13H2,(H,21,23). The van der Waals surface area contributed by atoms with Gasteiger partial charge >= 0.3 is 0 Å². The van der Waals surface area contributed by atoms with E-state index < -0.39 is 0 Å². The van der Waals surface area contributed by atoms with Crippen molar-refractivity contribution >= 4 is 23.2 Å². The monoisotopic (exact) mass is 352 g/mol. The van der Waals surface area contributed by atoms with Crippen LogP contribution in [0.15, 0.2) is 48.5 Å².